The van der Waals surface area contributed by atoms with Crippen LogP contribution in [0.5, 0.6) is 11.5 Å². The van der Waals surface area contributed by atoms with E-state index in [0.29, 0.717) is 16.9 Å². The summed E-state index contributed by atoms with van der Waals surface area (Å²) in [6.07, 6.45) is -2.64. The Morgan fingerprint density at radius 1 is 0.767 bits per heavy atom. The van der Waals surface area contributed by atoms with E-state index in [2.05, 4.69) is 0 Å². The Bertz CT molecular complexity index is 1430. The molecule has 4 N–H and O–H groups in total. The van der Waals surface area contributed by atoms with Crippen LogP contribution in [0, 0.1) is 5.41 Å². The predicted molar refractivity (Wildman–Crippen MR) is 153 cm³/mol. The lowest BCUT2D eigenvalue weighted by Crippen LogP contribution is -2.28. The van der Waals surface area contributed by atoms with Gasteiger partial charge in [0.25, 0.3) is 0 Å². The molecule has 9 nitrogen and oxygen atoms in total. The number of nitrogens with two attached hydrogens (primary N) is 2. The van der Waals surface area contributed by atoms with Gasteiger partial charge in [-0.2, -0.15) is 13.2 Å². The van der Waals surface area contributed by atoms with Crippen molar-refractivity contribution in [3.8, 4) is 11.5 Å². The summed E-state index contributed by atoms with van der Waals surface area (Å²) >= 11 is 0. The molecule has 0 aliphatic rings. The zero-order chi connectivity index (χ0) is 31.6. The molecule has 0 aliphatic heterocycles. The maximum absolute atomic E-state index is 12.4. The number of rotatable bonds is 12. The first-order valence-electron chi connectivity index (χ1n) is 13.0. The van der Waals surface area contributed by atoms with E-state index in [1.807, 2.05) is 0 Å². The fourth-order valence-corrected chi connectivity index (χ4v) is 3.44. The highest BCUT2D eigenvalue weighted by molar-refractivity contribution is 5.92. The molecule has 0 heterocycles. The van der Waals surface area contributed by atoms with Crippen molar-refractivity contribution in [2.24, 2.45) is 5.41 Å². The number of ether oxygens (including phenoxy) is 4. The molecule has 0 bridgehead atoms. The van der Waals surface area contributed by atoms with Gasteiger partial charge < -0.3 is 30.4 Å². The number of nitrogen functional groups attached to an aromatic ring is 2. The molecule has 0 atom stereocenters. The third-order valence-corrected chi connectivity index (χ3v) is 5.66. The summed E-state index contributed by atoms with van der Waals surface area (Å²) in [5.74, 6) is -1.43. The number of benzene rings is 3. The van der Waals surface area contributed by atoms with Crippen LogP contribution in [0.3, 0.4) is 0 Å². The monoisotopic (exact) mass is 600 g/mol. The van der Waals surface area contributed by atoms with Gasteiger partial charge in [0, 0.05) is 22.9 Å². The maximum Gasteiger partial charge on any atom is 0.392 e. The first kappa shape index (κ1) is 32.5. The van der Waals surface area contributed by atoms with Crippen molar-refractivity contribution in [3.63, 3.8) is 0 Å². The Balaban J connectivity index is 1.43. The molecule has 0 saturated heterocycles. The summed E-state index contributed by atoms with van der Waals surface area (Å²) in [6.45, 7) is 2.98. The minimum Gasteiger partial charge on any atom is -0.493 e. The summed E-state index contributed by atoms with van der Waals surface area (Å²) in [5.41, 5.74) is 12.5. The van der Waals surface area contributed by atoms with Crippen LogP contribution in [0.4, 0.5) is 24.5 Å². The minimum atomic E-state index is -4.31. The number of carbonyl (C=O) groups excluding carboxylic acids is 3. The largest absolute Gasteiger partial charge is 0.493 e. The molecular weight excluding hydrogens is 569 g/mol. The number of halogens is 3. The quantitative estimate of drug-likeness (QED) is 0.114. The third kappa shape index (κ3) is 11.4. The molecule has 0 fully saturated rings. The Labute approximate surface area is 246 Å². The van der Waals surface area contributed by atoms with E-state index >= 15 is 0 Å². The summed E-state index contributed by atoms with van der Waals surface area (Å²) in [7, 11) is 0. The van der Waals surface area contributed by atoms with Gasteiger partial charge in [-0.15, -0.1) is 0 Å². The van der Waals surface area contributed by atoms with Crippen LogP contribution in [0.2, 0.25) is 0 Å². The summed E-state index contributed by atoms with van der Waals surface area (Å²) in [5, 5.41) is 0. The molecule has 0 aromatic heterocycles. The summed E-state index contributed by atoms with van der Waals surface area (Å²) in [4.78, 5) is 36.9. The van der Waals surface area contributed by atoms with Crippen LogP contribution in [0.25, 0.3) is 6.08 Å². The van der Waals surface area contributed by atoms with Gasteiger partial charge in [0.15, 0.2) is 0 Å². The average Bonchev–Trinajstić information content (AvgIpc) is 2.93. The molecule has 3 aromatic rings. The van der Waals surface area contributed by atoms with Crippen LogP contribution < -0.4 is 20.9 Å². The second-order valence-electron chi connectivity index (χ2n) is 10.3. The Kier molecular flexibility index (Phi) is 10.8. The van der Waals surface area contributed by atoms with Crippen molar-refractivity contribution in [1.82, 2.24) is 0 Å². The molecule has 0 radical (unpaired) electrons. The van der Waals surface area contributed by atoms with Gasteiger partial charge in [-0.3, -0.25) is 0 Å². The Morgan fingerprint density at radius 3 is 1.95 bits per heavy atom. The second kappa shape index (κ2) is 14.3. The summed E-state index contributed by atoms with van der Waals surface area (Å²) < 4.78 is 57.6. The molecule has 0 aliphatic carbocycles. The lowest BCUT2D eigenvalue weighted by molar-refractivity contribution is -0.141. The third-order valence-electron chi connectivity index (χ3n) is 5.66. The standard InChI is InChI=1S/C31H31F3N2O7/c1-30(2,19-42-28(38)22-15-23(35)17-24(36)16-22)18-41-27(37)12-5-20-3-8-26(9-4-20)43-29(39)21-6-10-25(11-7-21)40-14-13-31(32,33)34/h3-12,15-17H,13-14,18-19,35-36H2,1-2H3/b12-5+. The van der Waals surface area contributed by atoms with Gasteiger partial charge >= 0.3 is 24.1 Å². The predicted octanol–water partition coefficient (Wildman–Crippen LogP) is 5.84. The van der Waals surface area contributed by atoms with E-state index in [-0.39, 0.29) is 35.8 Å². The summed E-state index contributed by atoms with van der Waals surface area (Å²) in [6, 6.07) is 16.3. The van der Waals surface area contributed by atoms with Crippen molar-refractivity contribution >= 4 is 35.4 Å². The van der Waals surface area contributed by atoms with Crippen LogP contribution in [-0.4, -0.2) is 43.9 Å². The number of carbonyl (C=O) groups is 3. The number of hydrogen-bond donors (Lipinski definition) is 2. The number of anilines is 2. The van der Waals surface area contributed by atoms with Crippen molar-refractivity contribution in [2.75, 3.05) is 31.3 Å². The molecular formula is C31H31F3N2O7. The molecule has 0 saturated carbocycles. The van der Waals surface area contributed by atoms with Gasteiger partial charge in [-0.25, -0.2) is 14.4 Å². The zero-order valence-corrected chi connectivity index (χ0v) is 23.5. The highest BCUT2D eigenvalue weighted by Crippen LogP contribution is 2.22. The molecule has 0 amide bonds. The molecule has 228 valence electrons. The SMILES string of the molecule is CC(C)(COC(=O)/C=C/c1ccc(OC(=O)c2ccc(OCCC(F)(F)F)cc2)cc1)COC(=O)c1cc(N)cc(N)c1. The number of hydrogen-bond acceptors (Lipinski definition) is 9. The fraction of sp³-hybridized carbons (Fsp3) is 0.258. The minimum absolute atomic E-state index is 0.0158. The van der Waals surface area contributed by atoms with E-state index < -0.39 is 42.5 Å². The topological polar surface area (TPSA) is 140 Å². The first-order chi connectivity index (χ1) is 20.2. The van der Waals surface area contributed by atoms with Gasteiger partial charge in [-0.1, -0.05) is 26.0 Å². The molecule has 0 unspecified atom stereocenters. The zero-order valence-electron chi connectivity index (χ0n) is 23.5. The number of esters is 3. The van der Waals surface area contributed by atoms with E-state index in [4.69, 9.17) is 30.4 Å². The van der Waals surface area contributed by atoms with Crippen molar-refractivity contribution in [2.45, 2.75) is 26.4 Å². The normalized spacial score (nSPS) is 11.7. The first-order valence-corrected chi connectivity index (χ1v) is 13.0. The highest BCUT2D eigenvalue weighted by Gasteiger charge is 2.27. The lowest BCUT2D eigenvalue weighted by atomic mass is 9.96. The van der Waals surface area contributed by atoms with Gasteiger partial charge in [0.05, 0.1) is 37.4 Å². The van der Waals surface area contributed by atoms with E-state index in [9.17, 15) is 27.6 Å². The van der Waals surface area contributed by atoms with Crippen LogP contribution >= 0.6 is 0 Å². The van der Waals surface area contributed by atoms with Crippen molar-refractivity contribution in [3.05, 3.63) is 89.5 Å². The number of alkyl halides is 3. The van der Waals surface area contributed by atoms with Crippen molar-refractivity contribution in [1.29, 1.82) is 0 Å². The van der Waals surface area contributed by atoms with E-state index in [0.717, 1.165) is 0 Å². The van der Waals surface area contributed by atoms with Gasteiger partial charge in [0.2, 0.25) is 0 Å². The highest BCUT2D eigenvalue weighted by atomic mass is 19.4. The Morgan fingerprint density at radius 2 is 1.35 bits per heavy atom. The molecule has 43 heavy (non-hydrogen) atoms. The Hall–Kier alpha value is -5.00. The molecule has 3 rings (SSSR count). The van der Waals surface area contributed by atoms with E-state index in [1.54, 1.807) is 26.0 Å². The van der Waals surface area contributed by atoms with Gasteiger partial charge in [0.1, 0.15) is 11.5 Å². The van der Waals surface area contributed by atoms with E-state index in [1.165, 1.54) is 66.7 Å². The fourth-order valence-electron chi connectivity index (χ4n) is 3.44. The van der Waals surface area contributed by atoms with Gasteiger partial charge in [-0.05, 0) is 66.2 Å². The van der Waals surface area contributed by atoms with Crippen LogP contribution in [0.15, 0.2) is 72.8 Å². The lowest BCUT2D eigenvalue weighted by Gasteiger charge is -2.23. The van der Waals surface area contributed by atoms with Crippen LogP contribution in [0.1, 0.15) is 46.5 Å². The molecule has 12 heteroatoms. The smallest absolute Gasteiger partial charge is 0.392 e. The molecule has 0 spiro atoms. The second-order valence-corrected chi connectivity index (χ2v) is 10.3. The maximum atomic E-state index is 12.4. The molecule has 3 aromatic carbocycles. The van der Waals surface area contributed by atoms with Crippen LogP contribution in [-0.2, 0) is 14.3 Å². The average molecular weight is 601 g/mol. The van der Waals surface area contributed by atoms with Crippen molar-refractivity contribution < 1.29 is 46.5 Å².